The number of aromatic nitrogens is 1. The second kappa shape index (κ2) is 13.0. The van der Waals surface area contributed by atoms with E-state index >= 15 is 0 Å². The number of alkyl halides is 6. The van der Waals surface area contributed by atoms with E-state index in [2.05, 4.69) is 4.98 Å². The summed E-state index contributed by atoms with van der Waals surface area (Å²) >= 11 is 0. The van der Waals surface area contributed by atoms with Crippen LogP contribution in [0, 0.1) is 17.8 Å². The molecule has 1 saturated heterocycles. The predicted molar refractivity (Wildman–Crippen MR) is 159 cm³/mol. The zero-order valence-corrected chi connectivity index (χ0v) is 24.9. The van der Waals surface area contributed by atoms with E-state index in [4.69, 9.17) is 0 Å². The maximum atomic E-state index is 13.7. The molecule has 1 fully saturated rings. The zero-order valence-electron chi connectivity index (χ0n) is 24.9. The number of imide groups is 1. The van der Waals surface area contributed by atoms with Crippen molar-refractivity contribution in [2.75, 3.05) is 11.5 Å². The number of carbonyl (C=O) groups excluding carboxylic acids is 2. The maximum absolute atomic E-state index is 13.7. The molecule has 2 aromatic carbocycles. The lowest BCUT2D eigenvalue weighted by Crippen LogP contribution is -2.38. The van der Waals surface area contributed by atoms with E-state index in [-0.39, 0.29) is 36.7 Å². The third-order valence-electron chi connectivity index (χ3n) is 8.61. The fourth-order valence-corrected chi connectivity index (χ4v) is 6.53. The molecule has 0 saturated carbocycles. The molecular formula is C34H30F6N2O5. The number of hydrogen-bond donors (Lipinski definition) is 3. The van der Waals surface area contributed by atoms with Gasteiger partial charge in [-0.2, -0.15) is 26.3 Å². The molecule has 7 nitrogen and oxygen atoms in total. The summed E-state index contributed by atoms with van der Waals surface area (Å²) in [7, 11) is 0. The van der Waals surface area contributed by atoms with E-state index < -0.39 is 71.4 Å². The summed E-state index contributed by atoms with van der Waals surface area (Å²) in [6, 6.07) is 12.3. The number of pyridine rings is 1. The summed E-state index contributed by atoms with van der Waals surface area (Å²) < 4.78 is 81.3. The van der Waals surface area contributed by atoms with E-state index in [0.717, 1.165) is 0 Å². The standard InChI is InChI=1S/C34H30F6N2O5/c1-18-11-25-30(32(47)42(31(25)46)23-15-21(33(35,36)37)14-22(16-23)34(38,39)40)26(17-43)29(18)28(45)9-8-20(27-7-2-3-10-41-27)12-19-5-4-6-24(44)13-19/h2-7,10,12-16,25-26,28,30,43-45H,8-9,11,17H2,1H3/b20-12-/t25-,26+,28-,30-/m1/s1. The minimum absolute atomic E-state index is 0.0482. The summed E-state index contributed by atoms with van der Waals surface area (Å²) in [4.78, 5) is 31.9. The van der Waals surface area contributed by atoms with Gasteiger partial charge in [0.15, 0.2) is 0 Å². The second-order valence-electron chi connectivity index (χ2n) is 11.7. The first kappa shape index (κ1) is 33.9. The Morgan fingerprint density at radius 3 is 2.23 bits per heavy atom. The lowest BCUT2D eigenvalue weighted by molar-refractivity contribution is -0.143. The van der Waals surface area contributed by atoms with Gasteiger partial charge >= 0.3 is 12.4 Å². The van der Waals surface area contributed by atoms with Crippen molar-refractivity contribution in [3.8, 4) is 5.75 Å². The van der Waals surface area contributed by atoms with Crippen LogP contribution in [-0.2, 0) is 21.9 Å². The van der Waals surface area contributed by atoms with Crippen molar-refractivity contribution in [3.05, 3.63) is 100 Å². The van der Waals surface area contributed by atoms with Gasteiger partial charge in [-0.15, -0.1) is 0 Å². The smallest absolute Gasteiger partial charge is 0.416 e. The zero-order chi connectivity index (χ0) is 34.3. The van der Waals surface area contributed by atoms with Gasteiger partial charge in [-0.05, 0) is 91.4 Å². The van der Waals surface area contributed by atoms with Crippen molar-refractivity contribution < 1.29 is 51.3 Å². The number of carbonyl (C=O) groups is 2. The number of phenols is 1. The number of fused-ring (bicyclic) bond motifs is 1. The molecule has 0 radical (unpaired) electrons. The Bertz CT molecular complexity index is 1700. The molecule has 0 spiro atoms. The molecule has 3 aromatic rings. The number of allylic oxidation sites excluding steroid dienone is 2. The number of aliphatic hydroxyl groups is 2. The summed E-state index contributed by atoms with van der Waals surface area (Å²) in [5.74, 6) is -5.58. The van der Waals surface area contributed by atoms with Crippen LogP contribution in [0.5, 0.6) is 5.75 Å². The fraction of sp³-hybridized carbons (Fsp3) is 0.324. The van der Waals surface area contributed by atoms with Crippen LogP contribution in [0.4, 0.5) is 32.0 Å². The summed E-state index contributed by atoms with van der Waals surface area (Å²) in [5.41, 5.74) is -1.48. The Labute approximate surface area is 265 Å². The normalized spacial score (nSPS) is 21.3. The van der Waals surface area contributed by atoms with E-state index in [1.165, 1.54) is 6.07 Å². The van der Waals surface area contributed by atoms with Crippen LogP contribution in [0.1, 0.15) is 48.6 Å². The van der Waals surface area contributed by atoms with Crippen LogP contribution < -0.4 is 4.90 Å². The first-order valence-electron chi connectivity index (χ1n) is 14.7. The monoisotopic (exact) mass is 660 g/mol. The summed E-state index contributed by atoms with van der Waals surface area (Å²) in [5, 5.41) is 31.8. The minimum atomic E-state index is -5.19. The van der Waals surface area contributed by atoms with Gasteiger partial charge in [-0.1, -0.05) is 23.8 Å². The number of nitrogens with zero attached hydrogens (tertiary/aromatic N) is 2. The van der Waals surface area contributed by atoms with Gasteiger partial charge in [0.2, 0.25) is 11.8 Å². The highest BCUT2D eigenvalue weighted by Gasteiger charge is 2.55. The molecule has 13 heteroatoms. The fourth-order valence-electron chi connectivity index (χ4n) is 6.53. The van der Waals surface area contributed by atoms with Gasteiger partial charge in [0.05, 0.1) is 47.1 Å². The predicted octanol–water partition coefficient (Wildman–Crippen LogP) is 6.64. The number of amides is 2. The molecule has 3 N–H and O–H groups in total. The molecule has 248 valence electrons. The molecule has 0 unspecified atom stereocenters. The SMILES string of the molecule is CC1=C([C@H](O)CC/C(=C/c2cccc(O)c2)c2ccccn2)[C@H](CO)[C@@H]2C(=O)N(c3cc(C(F)(F)F)cc(C(F)(F)F)c3)C(=O)[C@@H]2C1. The largest absolute Gasteiger partial charge is 0.508 e. The summed E-state index contributed by atoms with van der Waals surface area (Å²) in [6.07, 6.45) is -8.00. The summed E-state index contributed by atoms with van der Waals surface area (Å²) in [6.45, 7) is 0.895. The average molecular weight is 661 g/mol. The van der Waals surface area contributed by atoms with Gasteiger partial charge < -0.3 is 15.3 Å². The van der Waals surface area contributed by atoms with Gasteiger partial charge in [0, 0.05) is 12.1 Å². The van der Waals surface area contributed by atoms with E-state index in [1.54, 1.807) is 55.6 Å². The second-order valence-corrected chi connectivity index (χ2v) is 11.7. The van der Waals surface area contributed by atoms with Gasteiger partial charge in [0.1, 0.15) is 5.75 Å². The maximum Gasteiger partial charge on any atom is 0.416 e. The highest BCUT2D eigenvalue weighted by Crippen LogP contribution is 2.48. The molecule has 2 amide bonds. The molecule has 5 rings (SSSR count). The highest BCUT2D eigenvalue weighted by atomic mass is 19.4. The Kier molecular flexibility index (Phi) is 9.33. The molecule has 1 aliphatic carbocycles. The Morgan fingerprint density at radius 1 is 0.979 bits per heavy atom. The lowest BCUT2D eigenvalue weighted by Gasteiger charge is -2.35. The molecule has 2 aliphatic rings. The van der Waals surface area contributed by atoms with E-state index in [9.17, 15) is 51.3 Å². The van der Waals surface area contributed by atoms with Crippen LogP contribution in [0.15, 0.2) is 78.0 Å². The quantitative estimate of drug-likeness (QED) is 0.142. The van der Waals surface area contributed by atoms with Crippen molar-refractivity contribution in [1.82, 2.24) is 4.98 Å². The van der Waals surface area contributed by atoms with Crippen LogP contribution in [-0.4, -0.2) is 44.8 Å². The van der Waals surface area contributed by atoms with Gasteiger partial charge in [-0.3, -0.25) is 14.6 Å². The van der Waals surface area contributed by atoms with Crippen LogP contribution >= 0.6 is 0 Å². The molecule has 1 aliphatic heterocycles. The Balaban J connectivity index is 1.44. The van der Waals surface area contributed by atoms with Crippen molar-refractivity contribution in [2.45, 2.75) is 44.6 Å². The molecule has 1 aromatic heterocycles. The Morgan fingerprint density at radius 2 is 1.66 bits per heavy atom. The van der Waals surface area contributed by atoms with Crippen molar-refractivity contribution in [2.24, 2.45) is 17.8 Å². The highest BCUT2D eigenvalue weighted by molar-refractivity contribution is 6.22. The van der Waals surface area contributed by atoms with E-state index in [1.807, 2.05) is 0 Å². The number of anilines is 1. The number of phenolic OH excluding ortho intramolecular Hbond substituents is 1. The molecule has 2 heterocycles. The third kappa shape index (κ3) is 6.96. The van der Waals surface area contributed by atoms with Crippen molar-refractivity contribution in [3.63, 3.8) is 0 Å². The third-order valence-corrected chi connectivity index (χ3v) is 8.61. The number of benzene rings is 2. The molecule has 47 heavy (non-hydrogen) atoms. The number of halogens is 6. The van der Waals surface area contributed by atoms with Gasteiger partial charge in [0.25, 0.3) is 0 Å². The number of aromatic hydroxyl groups is 1. The molecular weight excluding hydrogens is 630 g/mol. The van der Waals surface area contributed by atoms with Crippen molar-refractivity contribution >= 4 is 29.2 Å². The first-order chi connectivity index (χ1) is 22.1. The van der Waals surface area contributed by atoms with E-state index in [0.29, 0.717) is 39.4 Å². The topological polar surface area (TPSA) is 111 Å². The lowest BCUT2D eigenvalue weighted by atomic mass is 9.68. The molecule has 4 atom stereocenters. The van der Waals surface area contributed by atoms with Crippen LogP contribution in [0.25, 0.3) is 11.6 Å². The number of rotatable bonds is 8. The van der Waals surface area contributed by atoms with Crippen LogP contribution in [0.3, 0.4) is 0 Å². The average Bonchev–Trinajstić information content (AvgIpc) is 3.26. The van der Waals surface area contributed by atoms with Gasteiger partial charge in [-0.25, -0.2) is 4.90 Å². The minimum Gasteiger partial charge on any atom is -0.508 e. The number of hydrogen-bond acceptors (Lipinski definition) is 6. The molecule has 0 bridgehead atoms. The first-order valence-corrected chi connectivity index (χ1v) is 14.7. The van der Waals surface area contributed by atoms with Crippen molar-refractivity contribution in [1.29, 1.82) is 0 Å². The Hall–Kier alpha value is -4.49. The van der Waals surface area contributed by atoms with Crippen LogP contribution in [0.2, 0.25) is 0 Å². The number of aliphatic hydroxyl groups excluding tert-OH is 2.